The fourth-order valence-corrected chi connectivity index (χ4v) is 14.6. The number of rotatable bonds is 28. The van der Waals surface area contributed by atoms with Crippen molar-refractivity contribution in [1.29, 1.82) is 0 Å². The lowest BCUT2D eigenvalue weighted by molar-refractivity contribution is -0.324. The summed E-state index contributed by atoms with van der Waals surface area (Å²) in [7, 11) is 0. The van der Waals surface area contributed by atoms with E-state index in [1.807, 2.05) is 0 Å². The molecular weight excluding hydrogens is 1900 g/mol. The standard InChI is InChI=1S/C24H20F6N4O3.2C24H22F4N4O3.C23H20F4N4O3/c25-23(26,27)22(24(28,29)30)37-13-14-5-4-6-15(9-14)18-11-19(32-21(36)16-10-20(35)31-12-16)33-34(18)17-7-2-1-3-8-17;1-14(24(26,27)28)35-13-15-3-2-4-16(9-15)20-11-21(30-23(34)17-10-22(33)29-12-17)31-32(20)19-7-5-18(25)6-8-19;1-14(24(26,27)28)35-13-15-7-16(9-18(25)8-15)20-11-21(30-23(34)17-10-22(33)29-12-17)31-32(20)19-5-3-2-4-6-19;24-17-4-6-18(7-5-17)31-19(10-20(30-31)29-22(33)16-9-21(32)28-11-16)15-3-1-2-14(8-15)12-34-13-23(25,26)27/h1-9,11,16,22H,10,12-13H2,(H,31,35)(H,32,33,36);2*2-9,11,14,17H,10,12-13H2,1H3,(H,29,33)(H,30,31,34);1-8,10,16H,9,11-13H2,(H,28,32)(H,29,30,33)/t16-;2*14-,17+;16-/m0110/s1. The molecule has 0 unspecified atom stereocenters. The van der Waals surface area contributed by atoms with Crippen molar-refractivity contribution < 1.29 is 136 Å². The maximum atomic E-state index is 14.4. The molecule has 0 aliphatic carbocycles. The Labute approximate surface area is 788 Å². The average Bonchev–Trinajstić information content (AvgIpc) is 1.67. The molecule has 0 saturated carbocycles. The average molecular weight is 1980 g/mol. The molecule has 4 fully saturated rings. The number of halogens is 18. The van der Waals surface area contributed by atoms with Gasteiger partial charge in [-0.3, -0.25) is 38.4 Å². The van der Waals surface area contributed by atoms with Crippen LogP contribution in [0, 0.1) is 41.1 Å². The van der Waals surface area contributed by atoms with E-state index in [2.05, 4.69) is 67.7 Å². The van der Waals surface area contributed by atoms with Crippen LogP contribution in [-0.4, -0.2) is 168 Å². The van der Waals surface area contributed by atoms with Crippen LogP contribution < -0.4 is 42.5 Å². The number of carbonyl (C=O) groups excluding carboxylic acids is 8. The van der Waals surface area contributed by atoms with Crippen LogP contribution in [0.1, 0.15) is 61.8 Å². The summed E-state index contributed by atoms with van der Waals surface area (Å²) in [5.74, 6) is -5.38. The van der Waals surface area contributed by atoms with Crippen molar-refractivity contribution in [3.8, 4) is 67.8 Å². The second kappa shape index (κ2) is 44.8. The van der Waals surface area contributed by atoms with Crippen LogP contribution in [0.3, 0.4) is 0 Å². The minimum absolute atomic E-state index is 0.0387. The lowest BCUT2D eigenvalue weighted by Crippen LogP contribution is -2.44. The molecule has 46 heteroatoms. The van der Waals surface area contributed by atoms with Gasteiger partial charge in [0, 0.05) is 98.4 Å². The first kappa shape index (κ1) is 103. The van der Waals surface area contributed by atoms with E-state index in [1.54, 1.807) is 127 Å². The van der Waals surface area contributed by atoms with Gasteiger partial charge >= 0.3 is 30.9 Å². The smallest absolute Gasteiger partial charge is 0.367 e. The molecule has 12 aromatic rings. The van der Waals surface area contributed by atoms with E-state index in [9.17, 15) is 117 Å². The predicted octanol–water partition coefficient (Wildman–Crippen LogP) is 16.9. The quantitative estimate of drug-likeness (QED) is 0.0211. The first-order chi connectivity index (χ1) is 66.8. The van der Waals surface area contributed by atoms with Crippen molar-refractivity contribution >= 4 is 70.5 Å². The minimum atomic E-state index is -5.62. The monoisotopic (exact) mass is 1980 g/mol. The minimum Gasteiger partial charge on any atom is -0.367 e. The second-order valence-corrected chi connectivity index (χ2v) is 32.5. The maximum absolute atomic E-state index is 14.4. The van der Waals surface area contributed by atoms with Crippen LogP contribution >= 0.6 is 0 Å². The number of hydrogen-bond acceptors (Lipinski definition) is 16. The molecule has 8 N–H and O–H groups in total. The maximum Gasteiger partial charge on any atom is 0.423 e. The molecule has 4 aromatic heterocycles. The summed E-state index contributed by atoms with van der Waals surface area (Å²) in [5, 5.41) is 38.8. The Hall–Kier alpha value is -15.1. The van der Waals surface area contributed by atoms with Gasteiger partial charge in [0.15, 0.2) is 35.5 Å². The van der Waals surface area contributed by atoms with Gasteiger partial charge in [-0.15, -0.1) is 20.4 Å². The molecule has 8 heterocycles. The van der Waals surface area contributed by atoms with E-state index in [0.29, 0.717) is 78.9 Å². The molecule has 8 aromatic carbocycles. The molecular formula is C95H84F18N16O12. The van der Waals surface area contributed by atoms with Crippen molar-refractivity contribution in [3.05, 3.63) is 264 Å². The summed E-state index contributed by atoms with van der Waals surface area (Å²) >= 11 is 0. The number of nitrogens with one attached hydrogen (secondary N) is 8. The normalized spacial score (nSPS) is 16.4. The zero-order valence-corrected chi connectivity index (χ0v) is 73.9. The lowest BCUT2D eigenvalue weighted by Gasteiger charge is -2.23. The highest BCUT2D eigenvalue weighted by molar-refractivity contribution is 6.00. The van der Waals surface area contributed by atoms with Gasteiger partial charge in [-0.2, -0.15) is 65.9 Å². The molecule has 28 nitrogen and oxygen atoms in total. The fraction of sp³-hybridized carbons (Fsp3) is 0.284. The largest absolute Gasteiger partial charge is 0.423 e. The third kappa shape index (κ3) is 28.6. The number of ether oxygens (including phenoxy) is 4. The zero-order valence-electron chi connectivity index (χ0n) is 73.9. The SMILES string of the molecule is C[C@@H](OCc1cc(F)cc(-c2cc(NC(=O)[C@@H]3CNC(=O)C3)nn2-c2ccccc2)c1)C(F)(F)F.C[C@@H](OCc1cccc(-c2cc(NC(=O)[C@@H]3CNC(=O)C3)nn2-c2ccc(F)cc2)c1)C(F)(F)F.O=C1C[C@H](C(=O)Nc2cc(-c3cccc(COC(C(F)(F)F)C(F)(F)F)c3)n(-c3ccccc3)n2)CN1.O=C1C[C@H](C(=O)Nc2cc(-c3cccc(COCC(F)(F)F)c3)n(-c3ccc(F)cc3)n2)CN1. The van der Waals surface area contributed by atoms with Crippen molar-refractivity contribution in [2.24, 2.45) is 23.7 Å². The number of anilines is 4. The Bertz CT molecular complexity index is 6440. The molecule has 4 saturated heterocycles. The van der Waals surface area contributed by atoms with E-state index < -0.39 is 116 Å². The number of nitrogens with zero attached hydrogens (tertiary/aromatic N) is 8. The number of carbonyl (C=O) groups is 8. The topological polar surface area (TPSA) is 341 Å². The van der Waals surface area contributed by atoms with E-state index in [0.717, 1.165) is 19.9 Å². The van der Waals surface area contributed by atoms with Crippen LogP contribution in [0.5, 0.6) is 0 Å². The number of alkyl halides is 15. The summed E-state index contributed by atoms with van der Waals surface area (Å²) in [4.78, 5) is 96.0. The molecule has 4 aliphatic heterocycles. The Morgan fingerprint density at radius 1 is 0.333 bits per heavy atom. The molecule has 8 amide bonds. The second-order valence-electron chi connectivity index (χ2n) is 32.5. The Kier molecular flexibility index (Phi) is 32.8. The van der Waals surface area contributed by atoms with Gasteiger partial charge in [-0.1, -0.05) is 91.0 Å². The molecule has 16 rings (SSSR count). The van der Waals surface area contributed by atoms with Crippen molar-refractivity contribution in [2.45, 2.75) is 115 Å². The van der Waals surface area contributed by atoms with E-state index >= 15 is 0 Å². The first-order valence-corrected chi connectivity index (χ1v) is 43.0. The summed E-state index contributed by atoms with van der Waals surface area (Å²) in [6.07, 6.45) is -32.2. The van der Waals surface area contributed by atoms with Crippen LogP contribution in [0.25, 0.3) is 67.8 Å². The number of aromatic nitrogens is 8. The molecule has 0 radical (unpaired) electrons. The summed E-state index contributed by atoms with van der Waals surface area (Å²) < 4.78 is 257. The number of para-hydroxylation sites is 2. The third-order valence-electron chi connectivity index (χ3n) is 21.8. The van der Waals surface area contributed by atoms with Crippen LogP contribution in [0.2, 0.25) is 0 Å². The van der Waals surface area contributed by atoms with Crippen molar-refractivity contribution in [2.75, 3.05) is 54.1 Å². The molecule has 6 atom stereocenters. The fourth-order valence-electron chi connectivity index (χ4n) is 14.6. The van der Waals surface area contributed by atoms with Crippen LogP contribution in [0.4, 0.5) is 102 Å². The van der Waals surface area contributed by atoms with Gasteiger partial charge in [0.25, 0.3) is 0 Å². The Balaban J connectivity index is 0.000000158. The molecule has 4 aliphatic rings. The highest BCUT2D eigenvalue weighted by atomic mass is 19.4. The summed E-state index contributed by atoms with van der Waals surface area (Å²) in [5.41, 5.74) is 7.29. The van der Waals surface area contributed by atoms with Crippen molar-refractivity contribution in [3.63, 3.8) is 0 Å². The summed E-state index contributed by atoms with van der Waals surface area (Å²) in [6.45, 7) is -0.556. The molecule has 0 bridgehead atoms. The number of hydrogen-bond donors (Lipinski definition) is 8. The van der Waals surface area contributed by atoms with Gasteiger partial charge < -0.3 is 61.5 Å². The lowest BCUT2D eigenvalue weighted by atomic mass is 10.1. The van der Waals surface area contributed by atoms with Crippen LogP contribution in [0.15, 0.2) is 224 Å². The molecule has 0 spiro atoms. The number of amides is 8. The van der Waals surface area contributed by atoms with Gasteiger partial charge in [0.2, 0.25) is 53.4 Å². The van der Waals surface area contributed by atoms with Crippen molar-refractivity contribution in [1.82, 2.24) is 60.4 Å². The predicted molar refractivity (Wildman–Crippen MR) is 472 cm³/mol. The summed E-state index contributed by atoms with van der Waals surface area (Å²) in [6, 6.07) is 57.9. The third-order valence-corrected chi connectivity index (χ3v) is 21.8. The molecule has 141 heavy (non-hydrogen) atoms. The van der Waals surface area contributed by atoms with Gasteiger partial charge in [-0.05, 0) is 145 Å². The van der Waals surface area contributed by atoms with Crippen LogP contribution in [-0.2, 0) is 83.7 Å². The molecule has 742 valence electrons. The Morgan fingerprint density at radius 3 is 0.922 bits per heavy atom. The van der Waals surface area contributed by atoms with E-state index in [4.69, 9.17) is 14.2 Å². The highest BCUT2D eigenvalue weighted by Crippen LogP contribution is 2.39. The number of benzene rings is 8. The van der Waals surface area contributed by atoms with Gasteiger partial charge in [0.05, 0.1) is 95.6 Å². The first-order valence-electron chi connectivity index (χ1n) is 43.0. The van der Waals surface area contributed by atoms with E-state index in [1.165, 1.54) is 110 Å². The van der Waals surface area contributed by atoms with E-state index in [-0.39, 0.29) is 141 Å². The zero-order chi connectivity index (χ0) is 101. The Morgan fingerprint density at radius 2 is 0.624 bits per heavy atom. The highest BCUT2D eigenvalue weighted by Gasteiger charge is 2.58. The van der Waals surface area contributed by atoms with Gasteiger partial charge in [0.1, 0.15) is 24.1 Å². The van der Waals surface area contributed by atoms with Gasteiger partial charge in [-0.25, -0.2) is 31.9 Å².